The number of aromatic nitrogens is 1. The van der Waals surface area contributed by atoms with Crippen LogP contribution in [0.2, 0.25) is 0 Å². The zero-order valence-corrected chi connectivity index (χ0v) is 14.4. The fourth-order valence-corrected chi connectivity index (χ4v) is 2.85. The van der Waals surface area contributed by atoms with Gasteiger partial charge < -0.3 is 10.2 Å². The molecule has 1 atom stereocenters. The fraction of sp³-hybridized carbons (Fsp3) is 0.688. The molecule has 0 bridgehead atoms. The summed E-state index contributed by atoms with van der Waals surface area (Å²) >= 11 is 1.88. The van der Waals surface area contributed by atoms with E-state index in [1.807, 2.05) is 11.8 Å². The van der Waals surface area contributed by atoms with Gasteiger partial charge in [-0.2, -0.15) is 11.8 Å². The van der Waals surface area contributed by atoms with E-state index < -0.39 is 0 Å². The molecular weight excluding hydrogens is 266 g/mol. The van der Waals surface area contributed by atoms with Crippen LogP contribution in [-0.4, -0.2) is 36.6 Å². The molecular formula is C16H29N3S. The smallest absolute Gasteiger partial charge is 0.129 e. The van der Waals surface area contributed by atoms with Crippen LogP contribution < -0.4 is 10.2 Å². The molecule has 114 valence electrons. The molecule has 0 aromatic carbocycles. The first kappa shape index (κ1) is 17.3. The quantitative estimate of drug-likeness (QED) is 0.756. The summed E-state index contributed by atoms with van der Waals surface area (Å²) in [5.74, 6) is 2.23. The summed E-state index contributed by atoms with van der Waals surface area (Å²) in [5, 5.41) is 3.40. The molecule has 4 heteroatoms. The van der Waals surface area contributed by atoms with Crippen molar-refractivity contribution in [3.8, 4) is 0 Å². The van der Waals surface area contributed by atoms with Gasteiger partial charge in [-0.3, -0.25) is 0 Å². The Morgan fingerprint density at radius 2 is 2.10 bits per heavy atom. The maximum absolute atomic E-state index is 4.82. The molecule has 20 heavy (non-hydrogen) atoms. The molecule has 0 aliphatic heterocycles. The normalized spacial score (nSPS) is 12.4. The molecule has 0 amide bonds. The van der Waals surface area contributed by atoms with Crippen LogP contribution in [0.1, 0.15) is 38.4 Å². The Hall–Kier alpha value is -0.740. The summed E-state index contributed by atoms with van der Waals surface area (Å²) in [7, 11) is 2.15. The fourth-order valence-electron chi connectivity index (χ4n) is 2.15. The van der Waals surface area contributed by atoms with E-state index in [1.165, 1.54) is 11.3 Å². The van der Waals surface area contributed by atoms with Gasteiger partial charge in [-0.15, -0.1) is 0 Å². The molecule has 1 heterocycles. The van der Waals surface area contributed by atoms with Crippen molar-refractivity contribution in [3.63, 3.8) is 0 Å². The highest BCUT2D eigenvalue weighted by atomic mass is 32.2. The van der Waals surface area contributed by atoms with Gasteiger partial charge in [0.2, 0.25) is 0 Å². The summed E-state index contributed by atoms with van der Waals surface area (Å²) in [6.07, 6.45) is 4.35. The molecule has 1 N–H and O–H groups in total. The summed E-state index contributed by atoms with van der Waals surface area (Å²) < 4.78 is 0. The van der Waals surface area contributed by atoms with Crippen LogP contribution in [0, 0.1) is 0 Å². The molecule has 1 rings (SSSR count). The van der Waals surface area contributed by atoms with Crippen LogP contribution in [0.4, 0.5) is 5.82 Å². The van der Waals surface area contributed by atoms with Crippen LogP contribution in [0.3, 0.4) is 0 Å². The molecule has 0 aliphatic carbocycles. The topological polar surface area (TPSA) is 28.2 Å². The average molecular weight is 295 g/mol. The van der Waals surface area contributed by atoms with E-state index in [2.05, 4.69) is 56.4 Å². The van der Waals surface area contributed by atoms with Gasteiger partial charge in [0.05, 0.1) is 0 Å². The third-order valence-corrected chi connectivity index (χ3v) is 4.26. The van der Waals surface area contributed by atoms with Crippen molar-refractivity contribution in [1.82, 2.24) is 10.3 Å². The summed E-state index contributed by atoms with van der Waals surface area (Å²) in [6.45, 7) is 8.53. The van der Waals surface area contributed by atoms with Gasteiger partial charge in [0.25, 0.3) is 0 Å². The Morgan fingerprint density at radius 1 is 1.35 bits per heavy atom. The maximum atomic E-state index is 4.82. The zero-order valence-electron chi connectivity index (χ0n) is 13.6. The number of aryl methyl sites for hydroxylation is 1. The highest BCUT2D eigenvalue weighted by molar-refractivity contribution is 7.98. The lowest BCUT2D eigenvalue weighted by molar-refractivity contribution is 0.715. The van der Waals surface area contributed by atoms with Crippen molar-refractivity contribution < 1.29 is 0 Å². The first-order valence-electron chi connectivity index (χ1n) is 7.54. The molecule has 3 nitrogen and oxygen atoms in total. The molecule has 1 aromatic rings. The number of thioether (sulfide) groups is 1. The van der Waals surface area contributed by atoms with Crippen LogP contribution >= 0.6 is 11.8 Å². The third-order valence-electron chi connectivity index (χ3n) is 3.44. The number of nitrogens with zero attached hydrogens (tertiary/aromatic N) is 2. The number of nitrogens with one attached hydrogen (secondary N) is 1. The SMILES string of the molecule is CCCc1cc(CNCC)cc(N(C)C(C)CSC)n1. The van der Waals surface area contributed by atoms with Gasteiger partial charge in [-0.05, 0) is 43.8 Å². The lowest BCUT2D eigenvalue weighted by Gasteiger charge is -2.26. The Bertz CT molecular complexity index is 395. The predicted octanol–water partition coefficient (Wildman–Crippen LogP) is 3.33. The Morgan fingerprint density at radius 3 is 2.70 bits per heavy atom. The van der Waals surface area contributed by atoms with E-state index in [-0.39, 0.29) is 0 Å². The lowest BCUT2D eigenvalue weighted by atomic mass is 10.1. The van der Waals surface area contributed by atoms with Crippen LogP contribution in [0.15, 0.2) is 12.1 Å². The second-order valence-corrected chi connectivity index (χ2v) is 6.18. The van der Waals surface area contributed by atoms with Gasteiger partial charge >= 0.3 is 0 Å². The Labute approximate surface area is 128 Å². The van der Waals surface area contributed by atoms with Crippen molar-refractivity contribution in [1.29, 1.82) is 0 Å². The summed E-state index contributed by atoms with van der Waals surface area (Å²) in [5.41, 5.74) is 2.55. The highest BCUT2D eigenvalue weighted by Gasteiger charge is 2.12. The minimum absolute atomic E-state index is 0.501. The van der Waals surface area contributed by atoms with E-state index in [4.69, 9.17) is 4.98 Å². The van der Waals surface area contributed by atoms with E-state index >= 15 is 0 Å². The van der Waals surface area contributed by atoms with Gasteiger partial charge in [-0.25, -0.2) is 4.98 Å². The van der Waals surface area contributed by atoms with Crippen molar-refractivity contribution in [3.05, 3.63) is 23.4 Å². The van der Waals surface area contributed by atoms with Gasteiger partial charge in [0.15, 0.2) is 0 Å². The standard InChI is InChI=1S/C16H29N3S/c1-6-8-15-9-14(11-17-7-2)10-16(18-15)19(4)13(3)12-20-5/h9-10,13,17H,6-8,11-12H2,1-5H3. The highest BCUT2D eigenvalue weighted by Crippen LogP contribution is 2.18. The minimum Gasteiger partial charge on any atom is -0.356 e. The van der Waals surface area contributed by atoms with Crippen LogP contribution in [0.25, 0.3) is 0 Å². The second kappa shape index (κ2) is 9.24. The van der Waals surface area contributed by atoms with Crippen molar-refractivity contribution >= 4 is 17.6 Å². The monoisotopic (exact) mass is 295 g/mol. The molecule has 0 aliphatic rings. The summed E-state index contributed by atoms with van der Waals surface area (Å²) in [6, 6.07) is 4.96. The number of anilines is 1. The number of hydrogen-bond donors (Lipinski definition) is 1. The van der Waals surface area contributed by atoms with Crippen molar-refractivity contribution in [2.24, 2.45) is 0 Å². The maximum Gasteiger partial charge on any atom is 0.129 e. The molecule has 0 radical (unpaired) electrons. The molecule has 1 aromatic heterocycles. The molecule has 0 saturated heterocycles. The number of rotatable bonds is 9. The first-order chi connectivity index (χ1) is 9.62. The van der Waals surface area contributed by atoms with Crippen LogP contribution in [0.5, 0.6) is 0 Å². The second-order valence-electron chi connectivity index (χ2n) is 5.27. The zero-order chi connectivity index (χ0) is 15.0. The Kier molecular flexibility index (Phi) is 8.00. The van der Waals surface area contributed by atoms with Gasteiger partial charge in [0.1, 0.15) is 5.82 Å². The minimum atomic E-state index is 0.501. The van der Waals surface area contributed by atoms with Gasteiger partial charge in [0, 0.05) is 31.1 Å². The first-order valence-corrected chi connectivity index (χ1v) is 8.94. The van der Waals surface area contributed by atoms with Crippen molar-refractivity contribution in [2.45, 2.75) is 46.2 Å². The molecule has 0 saturated carbocycles. The van der Waals surface area contributed by atoms with E-state index in [0.29, 0.717) is 6.04 Å². The summed E-state index contributed by atoms with van der Waals surface area (Å²) in [4.78, 5) is 7.12. The van der Waals surface area contributed by atoms with E-state index in [9.17, 15) is 0 Å². The predicted molar refractivity (Wildman–Crippen MR) is 91.9 cm³/mol. The van der Waals surface area contributed by atoms with Gasteiger partial charge in [-0.1, -0.05) is 20.3 Å². The van der Waals surface area contributed by atoms with Crippen LogP contribution in [-0.2, 0) is 13.0 Å². The lowest BCUT2D eigenvalue weighted by Crippen LogP contribution is -2.32. The molecule has 1 unspecified atom stereocenters. The molecule has 0 spiro atoms. The number of hydrogen-bond acceptors (Lipinski definition) is 4. The number of pyridine rings is 1. The largest absolute Gasteiger partial charge is 0.356 e. The van der Waals surface area contributed by atoms with Crippen molar-refractivity contribution in [2.75, 3.05) is 30.5 Å². The average Bonchev–Trinajstić information content (AvgIpc) is 2.44. The third kappa shape index (κ3) is 5.33. The Balaban J connectivity index is 2.94. The van der Waals surface area contributed by atoms with E-state index in [1.54, 1.807) is 0 Å². The molecule has 0 fully saturated rings. The van der Waals surface area contributed by atoms with E-state index in [0.717, 1.165) is 37.5 Å².